The minimum atomic E-state index is 0.650. The molecule has 0 bridgehead atoms. The normalized spacial score (nSPS) is 13.6. The summed E-state index contributed by atoms with van der Waals surface area (Å²) in [6.45, 7) is 3.60. The van der Waals surface area contributed by atoms with Gasteiger partial charge in [-0.3, -0.25) is 4.79 Å². The molecule has 0 heterocycles. The van der Waals surface area contributed by atoms with Crippen molar-refractivity contribution in [2.24, 2.45) is 5.73 Å². The van der Waals surface area contributed by atoms with Gasteiger partial charge in [-0.2, -0.15) is 0 Å². The van der Waals surface area contributed by atoms with Gasteiger partial charge in [-0.25, -0.2) is 0 Å². The minimum Gasteiger partial charge on any atom is -0.404 e. The molecule has 0 aliphatic heterocycles. The van der Waals surface area contributed by atoms with E-state index in [0.29, 0.717) is 5.57 Å². The maximum atomic E-state index is 10.2. The molecule has 0 aliphatic rings. The molecule has 0 fully saturated rings. The van der Waals surface area contributed by atoms with E-state index in [2.05, 4.69) is 0 Å². The van der Waals surface area contributed by atoms with Crippen molar-refractivity contribution >= 4 is 6.29 Å². The van der Waals surface area contributed by atoms with Crippen molar-refractivity contribution in [3.8, 4) is 0 Å². The Morgan fingerprint density at radius 2 is 2.11 bits per heavy atom. The molecule has 0 aromatic rings. The van der Waals surface area contributed by atoms with Crippen LogP contribution in [0.1, 0.15) is 13.8 Å². The van der Waals surface area contributed by atoms with Crippen LogP contribution in [0.3, 0.4) is 0 Å². The zero-order valence-corrected chi connectivity index (χ0v) is 5.72. The van der Waals surface area contributed by atoms with E-state index in [-0.39, 0.29) is 0 Å². The zero-order valence-electron chi connectivity index (χ0n) is 5.72. The molecule has 50 valence electrons. The summed E-state index contributed by atoms with van der Waals surface area (Å²) in [5.74, 6) is 0. The fourth-order valence-electron chi connectivity index (χ4n) is 0.485. The van der Waals surface area contributed by atoms with Crippen LogP contribution < -0.4 is 5.73 Å². The maximum Gasteiger partial charge on any atom is 0.150 e. The van der Waals surface area contributed by atoms with Crippen LogP contribution in [-0.2, 0) is 4.79 Å². The highest BCUT2D eigenvalue weighted by Gasteiger charge is 1.92. The summed E-state index contributed by atoms with van der Waals surface area (Å²) < 4.78 is 0. The summed E-state index contributed by atoms with van der Waals surface area (Å²) >= 11 is 0. The number of aldehydes is 1. The van der Waals surface area contributed by atoms with Gasteiger partial charge in [-0.15, -0.1) is 0 Å². The van der Waals surface area contributed by atoms with Crippen molar-refractivity contribution in [3.63, 3.8) is 0 Å². The van der Waals surface area contributed by atoms with Gasteiger partial charge in [0.1, 0.15) is 6.29 Å². The molecular formula is C7H11NO. The van der Waals surface area contributed by atoms with Crippen molar-refractivity contribution in [1.82, 2.24) is 0 Å². The van der Waals surface area contributed by atoms with Gasteiger partial charge < -0.3 is 5.73 Å². The summed E-state index contributed by atoms with van der Waals surface area (Å²) in [6, 6.07) is 0. The molecular weight excluding hydrogens is 114 g/mol. The van der Waals surface area contributed by atoms with Gasteiger partial charge in [-0.1, -0.05) is 6.08 Å². The average Bonchev–Trinajstić information content (AvgIpc) is 1.90. The number of allylic oxidation sites excluding steroid dienone is 3. The number of hydrogen-bond acceptors (Lipinski definition) is 2. The molecule has 2 heteroatoms. The Bertz CT molecular complexity index is 156. The van der Waals surface area contributed by atoms with Gasteiger partial charge >= 0.3 is 0 Å². The second-order valence-corrected chi connectivity index (χ2v) is 1.71. The van der Waals surface area contributed by atoms with Crippen LogP contribution in [0.15, 0.2) is 23.4 Å². The third kappa shape index (κ3) is 2.13. The lowest BCUT2D eigenvalue weighted by Gasteiger charge is -1.93. The van der Waals surface area contributed by atoms with Crippen molar-refractivity contribution < 1.29 is 4.79 Å². The first kappa shape index (κ1) is 7.95. The monoisotopic (exact) mass is 125 g/mol. The van der Waals surface area contributed by atoms with Crippen molar-refractivity contribution in [2.75, 3.05) is 0 Å². The molecule has 0 saturated carbocycles. The molecule has 0 amide bonds. The van der Waals surface area contributed by atoms with E-state index < -0.39 is 0 Å². The molecule has 0 spiro atoms. The number of carbonyl (C=O) groups is 1. The zero-order chi connectivity index (χ0) is 7.28. The minimum absolute atomic E-state index is 0.650. The highest BCUT2D eigenvalue weighted by atomic mass is 16.1. The summed E-state index contributed by atoms with van der Waals surface area (Å²) in [5, 5.41) is 0. The van der Waals surface area contributed by atoms with E-state index in [0.717, 1.165) is 11.9 Å². The van der Waals surface area contributed by atoms with Crippen LogP contribution >= 0.6 is 0 Å². The van der Waals surface area contributed by atoms with Crippen LogP contribution in [0, 0.1) is 0 Å². The van der Waals surface area contributed by atoms with Crippen molar-refractivity contribution in [1.29, 1.82) is 0 Å². The lowest BCUT2D eigenvalue weighted by molar-refractivity contribution is -0.104. The van der Waals surface area contributed by atoms with E-state index in [4.69, 9.17) is 5.73 Å². The Labute approximate surface area is 55.1 Å². The van der Waals surface area contributed by atoms with Gasteiger partial charge in [-0.05, 0) is 25.6 Å². The van der Waals surface area contributed by atoms with Gasteiger partial charge in [0.05, 0.1) is 0 Å². The second kappa shape index (κ2) is 3.89. The molecule has 0 rings (SSSR count). The summed E-state index contributed by atoms with van der Waals surface area (Å²) in [6.07, 6.45) is 3.94. The Morgan fingerprint density at radius 1 is 1.56 bits per heavy atom. The van der Waals surface area contributed by atoms with Gasteiger partial charge in [0.15, 0.2) is 0 Å². The fourth-order valence-corrected chi connectivity index (χ4v) is 0.485. The molecule has 0 aliphatic carbocycles. The van der Waals surface area contributed by atoms with Crippen molar-refractivity contribution in [2.45, 2.75) is 13.8 Å². The molecule has 2 N–H and O–H groups in total. The predicted molar refractivity (Wildman–Crippen MR) is 37.8 cm³/mol. The van der Waals surface area contributed by atoms with Gasteiger partial charge in [0.25, 0.3) is 0 Å². The Morgan fingerprint density at radius 3 is 2.22 bits per heavy atom. The Hall–Kier alpha value is -1.05. The lowest BCUT2D eigenvalue weighted by atomic mass is 10.1. The molecule has 0 radical (unpaired) electrons. The van der Waals surface area contributed by atoms with Gasteiger partial charge in [0.2, 0.25) is 0 Å². The highest BCUT2D eigenvalue weighted by Crippen LogP contribution is 2.02. The van der Waals surface area contributed by atoms with E-state index in [9.17, 15) is 4.79 Å². The first-order valence-electron chi connectivity index (χ1n) is 2.76. The topological polar surface area (TPSA) is 43.1 Å². The average molecular weight is 125 g/mol. The fraction of sp³-hybridized carbons (Fsp3) is 0.286. The van der Waals surface area contributed by atoms with Crippen LogP contribution in [0.25, 0.3) is 0 Å². The molecule has 0 unspecified atom stereocenters. The first-order chi connectivity index (χ1) is 4.26. The van der Waals surface area contributed by atoms with Crippen LogP contribution in [-0.4, -0.2) is 6.29 Å². The van der Waals surface area contributed by atoms with E-state index >= 15 is 0 Å². The molecule has 2 nitrogen and oxygen atoms in total. The predicted octanol–water partition coefficient (Wildman–Crippen LogP) is 0.994. The summed E-state index contributed by atoms with van der Waals surface area (Å²) in [5.41, 5.74) is 6.63. The second-order valence-electron chi connectivity index (χ2n) is 1.71. The summed E-state index contributed by atoms with van der Waals surface area (Å²) in [4.78, 5) is 10.2. The largest absolute Gasteiger partial charge is 0.404 e. The Kier molecular flexibility index (Phi) is 3.44. The lowest BCUT2D eigenvalue weighted by Crippen LogP contribution is -1.90. The number of rotatable bonds is 2. The maximum absolute atomic E-state index is 10.2. The summed E-state index contributed by atoms with van der Waals surface area (Å²) in [7, 11) is 0. The Balaban J connectivity index is 4.32. The van der Waals surface area contributed by atoms with E-state index in [1.807, 2.05) is 0 Å². The van der Waals surface area contributed by atoms with E-state index in [1.165, 1.54) is 6.20 Å². The van der Waals surface area contributed by atoms with Crippen molar-refractivity contribution in [3.05, 3.63) is 23.4 Å². The van der Waals surface area contributed by atoms with Crippen LogP contribution in [0.4, 0.5) is 0 Å². The SMILES string of the molecule is C/C=C(C=O)\C(C)=C/N. The molecule has 0 saturated heterocycles. The van der Waals surface area contributed by atoms with Gasteiger partial charge in [0, 0.05) is 5.57 Å². The highest BCUT2D eigenvalue weighted by molar-refractivity contribution is 5.79. The molecule has 0 aromatic heterocycles. The number of nitrogens with two attached hydrogens (primary N) is 1. The molecule has 9 heavy (non-hydrogen) atoms. The standard InChI is InChI=1S/C7H11NO/c1-3-7(5-9)6(2)4-8/h3-5H,8H2,1-2H3/b6-4-,7-3-. The van der Waals surface area contributed by atoms with E-state index in [1.54, 1.807) is 19.9 Å². The number of hydrogen-bond donors (Lipinski definition) is 1. The quantitative estimate of drug-likeness (QED) is 0.340. The first-order valence-corrected chi connectivity index (χ1v) is 2.76. The van der Waals surface area contributed by atoms with Crippen LogP contribution in [0.2, 0.25) is 0 Å². The third-order valence-electron chi connectivity index (χ3n) is 1.14. The van der Waals surface area contributed by atoms with Crippen LogP contribution in [0.5, 0.6) is 0 Å². The third-order valence-corrected chi connectivity index (χ3v) is 1.14. The number of carbonyl (C=O) groups excluding carboxylic acids is 1. The molecule has 0 aromatic carbocycles. The smallest absolute Gasteiger partial charge is 0.150 e. The molecule has 0 atom stereocenters.